The molecule has 1 unspecified atom stereocenters. The van der Waals surface area contributed by atoms with Crippen molar-refractivity contribution in [2.45, 2.75) is 51.7 Å². The topological polar surface area (TPSA) is 35.5 Å². The Balaban J connectivity index is 2.29. The van der Waals surface area contributed by atoms with Gasteiger partial charge in [-0.2, -0.15) is 0 Å². The summed E-state index contributed by atoms with van der Waals surface area (Å²) in [6, 6.07) is 0.511. The van der Waals surface area contributed by atoms with Crippen LogP contribution in [0, 0.1) is 0 Å². The van der Waals surface area contributed by atoms with Crippen LogP contribution in [-0.4, -0.2) is 47.8 Å². The van der Waals surface area contributed by atoms with Crippen LogP contribution < -0.4 is 5.32 Å². The second-order valence-corrected chi connectivity index (χ2v) is 5.91. The van der Waals surface area contributed by atoms with E-state index in [1.54, 1.807) is 0 Å². The number of aliphatic hydroxyl groups is 1. The molecule has 3 heteroatoms. The first-order valence-electron chi connectivity index (χ1n) is 6.74. The zero-order valence-corrected chi connectivity index (χ0v) is 11.6. The summed E-state index contributed by atoms with van der Waals surface area (Å²) >= 11 is 0. The molecule has 0 bridgehead atoms. The van der Waals surface area contributed by atoms with Crippen molar-refractivity contribution >= 4 is 0 Å². The average molecular weight is 240 g/mol. The zero-order chi connectivity index (χ0) is 12.9. The quantitative estimate of drug-likeness (QED) is 0.719. The van der Waals surface area contributed by atoms with E-state index in [0.29, 0.717) is 6.04 Å². The Morgan fingerprint density at radius 2 is 2.12 bits per heavy atom. The molecule has 1 atom stereocenters. The first-order valence-corrected chi connectivity index (χ1v) is 6.74. The lowest BCUT2D eigenvalue weighted by atomic mass is 9.98. The fraction of sp³-hybridized carbons (Fsp3) is 0.857. The summed E-state index contributed by atoms with van der Waals surface area (Å²) in [5.41, 5.74) is 0.770. The summed E-state index contributed by atoms with van der Waals surface area (Å²) in [5, 5.41) is 13.4. The smallest absolute Gasteiger partial charge is 0.0632 e. The number of nitrogens with one attached hydrogen (secondary N) is 1. The van der Waals surface area contributed by atoms with Gasteiger partial charge in [0.25, 0.3) is 0 Å². The summed E-state index contributed by atoms with van der Waals surface area (Å²) in [6.07, 6.45) is 2.87. The van der Waals surface area contributed by atoms with Crippen molar-refractivity contribution in [2.75, 3.05) is 26.2 Å². The minimum Gasteiger partial charge on any atom is -0.390 e. The molecule has 0 aromatic heterocycles. The third-order valence-corrected chi connectivity index (χ3v) is 3.36. The van der Waals surface area contributed by atoms with Gasteiger partial charge in [-0.25, -0.2) is 0 Å². The van der Waals surface area contributed by atoms with Gasteiger partial charge in [0.2, 0.25) is 0 Å². The molecule has 0 aromatic rings. The Hall–Kier alpha value is -0.380. The molecular weight excluding hydrogens is 212 g/mol. The van der Waals surface area contributed by atoms with Gasteiger partial charge in [-0.15, -0.1) is 0 Å². The summed E-state index contributed by atoms with van der Waals surface area (Å²) < 4.78 is 0. The Kier molecular flexibility index (Phi) is 5.63. The Labute approximate surface area is 106 Å². The minimum absolute atomic E-state index is 0.466. The Morgan fingerprint density at radius 1 is 1.41 bits per heavy atom. The summed E-state index contributed by atoms with van der Waals surface area (Å²) in [4.78, 5) is 2.41. The van der Waals surface area contributed by atoms with Crippen molar-refractivity contribution in [3.05, 3.63) is 12.2 Å². The standard InChI is InChI=1S/C14H28N2O/c1-12(2)15-10-13(3)11-16-8-5-6-14(4,17)7-9-16/h12,15,17H,3,5-11H2,1-2,4H3. The highest BCUT2D eigenvalue weighted by atomic mass is 16.3. The Morgan fingerprint density at radius 3 is 2.76 bits per heavy atom. The predicted molar refractivity (Wildman–Crippen MR) is 73.2 cm³/mol. The molecule has 1 aliphatic heterocycles. The van der Waals surface area contributed by atoms with Crippen molar-refractivity contribution < 1.29 is 5.11 Å². The Bertz CT molecular complexity index is 249. The molecule has 0 amide bonds. The monoisotopic (exact) mass is 240 g/mol. The van der Waals surface area contributed by atoms with Gasteiger partial charge in [0.05, 0.1) is 5.60 Å². The van der Waals surface area contributed by atoms with E-state index in [1.165, 1.54) is 5.57 Å². The molecule has 0 spiro atoms. The highest BCUT2D eigenvalue weighted by Gasteiger charge is 2.24. The van der Waals surface area contributed by atoms with Crippen LogP contribution in [0.2, 0.25) is 0 Å². The van der Waals surface area contributed by atoms with Crippen LogP contribution in [-0.2, 0) is 0 Å². The van der Waals surface area contributed by atoms with Crippen molar-refractivity contribution in [3.8, 4) is 0 Å². The van der Waals surface area contributed by atoms with Crippen LogP contribution in [0.3, 0.4) is 0 Å². The largest absolute Gasteiger partial charge is 0.390 e. The van der Waals surface area contributed by atoms with Gasteiger partial charge >= 0.3 is 0 Å². The number of hydrogen-bond donors (Lipinski definition) is 2. The predicted octanol–water partition coefficient (Wildman–Crippen LogP) is 1.78. The van der Waals surface area contributed by atoms with Gasteiger partial charge in [-0.3, -0.25) is 4.90 Å². The van der Waals surface area contributed by atoms with Crippen molar-refractivity contribution in [2.24, 2.45) is 0 Å². The van der Waals surface area contributed by atoms with Crippen molar-refractivity contribution in [1.82, 2.24) is 10.2 Å². The van der Waals surface area contributed by atoms with Crippen LogP contribution in [0.4, 0.5) is 0 Å². The first kappa shape index (κ1) is 14.7. The van der Waals surface area contributed by atoms with Gasteiger partial charge < -0.3 is 10.4 Å². The molecule has 1 aliphatic rings. The molecule has 0 aromatic carbocycles. The molecule has 3 nitrogen and oxygen atoms in total. The second-order valence-electron chi connectivity index (χ2n) is 5.91. The lowest BCUT2D eigenvalue weighted by Gasteiger charge is -2.23. The third kappa shape index (κ3) is 6.20. The molecule has 0 radical (unpaired) electrons. The van der Waals surface area contributed by atoms with E-state index in [9.17, 15) is 5.11 Å². The molecule has 1 rings (SSSR count). The number of likely N-dealkylation sites (tertiary alicyclic amines) is 1. The van der Waals surface area contributed by atoms with Gasteiger partial charge in [0.15, 0.2) is 0 Å². The highest BCUT2D eigenvalue weighted by Crippen LogP contribution is 2.21. The molecule has 1 saturated heterocycles. The molecule has 1 heterocycles. The van der Waals surface area contributed by atoms with Crippen LogP contribution >= 0.6 is 0 Å². The van der Waals surface area contributed by atoms with E-state index in [4.69, 9.17) is 0 Å². The maximum Gasteiger partial charge on any atom is 0.0632 e. The van der Waals surface area contributed by atoms with Gasteiger partial charge in [-0.1, -0.05) is 20.4 Å². The first-order chi connectivity index (χ1) is 7.89. The highest BCUT2D eigenvalue weighted by molar-refractivity contribution is 5.00. The van der Waals surface area contributed by atoms with E-state index in [2.05, 4.69) is 30.6 Å². The van der Waals surface area contributed by atoms with Gasteiger partial charge in [-0.05, 0) is 38.3 Å². The van der Waals surface area contributed by atoms with E-state index < -0.39 is 5.60 Å². The number of hydrogen-bond acceptors (Lipinski definition) is 3. The molecule has 2 N–H and O–H groups in total. The molecule has 100 valence electrons. The molecule has 0 aliphatic carbocycles. The summed E-state index contributed by atoms with van der Waals surface area (Å²) in [7, 11) is 0. The van der Waals surface area contributed by atoms with E-state index in [0.717, 1.165) is 45.4 Å². The van der Waals surface area contributed by atoms with E-state index in [-0.39, 0.29) is 0 Å². The molecule has 17 heavy (non-hydrogen) atoms. The maximum atomic E-state index is 10.0. The third-order valence-electron chi connectivity index (χ3n) is 3.36. The lowest BCUT2D eigenvalue weighted by Crippen LogP contribution is -2.33. The number of nitrogens with zero attached hydrogens (tertiary/aromatic N) is 1. The van der Waals surface area contributed by atoms with Crippen molar-refractivity contribution in [3.63, 3.8) is 0 Å². The van der Waals surface area contributed by atoms with Gasteiger partial charge in [0.1, 0.15) is 0 Å². The van der Waals surface area contributed by atoms with Crippen LogP contribution in [0.1, 0.15) is 40.0 Å². The molecular formula is C14H28N2O. The van der Waals surface area contributed by atoms with Crippen LogP contribution in [0.25, 0.3) is 0 Å². The molecule has 0 saturated carbocycles. The summed E-state index contributed by atoms with van der Waals surface area (Å²) in [5.74, 6) is 0. The fourth-order valence-electron chi connectivity index (χ4n) is 2.20. The average Bonchev–Trinajstić information content (AvgIpc) is 2.37. The summed E-state index contributed by atoms with van der Waals surface area (Å²) in [6.45, 7) is 14.3. The van der Waals surface area contributed by atoms with Gasteiger partial charge in [0, 0.05) is 25.7 Å². The SMILES string of the molecule is C=C(CNC(C)C)CN1CCCC(C)(O)CC1. The maximum absolute atomic E-state index is 10.0. The van der Waals surface area contributed by atoms with Crippen LogP contribution in [0.15, 0.2) is 12.2 Å². The molecule has 1 fully saturated rings. The second kappa shape index (κ2) is 6.53. The number of rotatable bonds is 5. The zero-order valence-electron chi connectivity index (χ0n) is 11.6. The van der Waals surface area contributed by atoms with E-state index in [1.807, 2.05) is 6.92 Å². The minimum atomic E-state index is -0.466. The van der Waals surface area contributed by atoms with Crippen LogP contribution in [0.5, 0.6) is 0 Å². The van der Waals surface area contributed by atoms with Crippen molar-refractivity contribution in [1.29, 1.82) is 0 Å². The fourth-order valence-corrected chi connectivity index (χ4v) is 2.20. The van der Waals surface area contributed by atoms with E-state index >= 15 is 0 Å². The normalized spacial score (nSPS) is 27.1. The lowest BCUT2D eigenvalue weighted by molar-refractivity contribution is 0.0449.